The fraction of sp³-hybridized carbons (Fsp3) is 0.667. The number of methoxy groups -OCH3 is 1. The zero-order chi connectivity index (χ0) is 11.3. The van der Waals surface area contributed by atoms with Gasteiger partial charge in [-0.2, -0.15) is 0 Å². The van der Waals surface area contributed by atoms with E-state index < -0.39 is 0 Å². The molecule has 1 aliphatic carbocycles. The molecule has 3 nitrogen and oxygen atoms in total. The molecule has 84 valence electrons. The highest BCUT2D eigenvalue weighted by atomic mass is 16.5. The number of Topliss-reactive ketones (excluding diaryl/α,β-unsaturated/α-hetero) is 1. The third-order valence-electron chi connectivity index (χ3n) is 2.98. The van der Waals surface area contributed by atoms with E-state index in [0.717, 1.165) is 6.42 Å². The summed E-state index contributed by atoms with van der Waals surface area (Å²) in [6.07, 6.45) is 6.48. The first-order valence-electron chi connectivity index (χ1n) is 5.37. The second-order valence-electron chi connectivity index (χ2n) is 4.05. The number of carbonyl (C=O) groups excluding carboxylic acids is 2. The zero-order valence-electron chi connectivity index (χ0n) is 9.36. The van der Waals surface area contributed by atoms with Crippen LogP contribution in [0.3, 0.4) is 0 Å². The lowest BCUT2D eigenvalue weighted by Crippen LogP contribution is -2.13. The van der Waals surface area contributed by atoms with Crippen LogP contribution in [-0.2, 0) is 14.3 Å². The molecule has 0 N–H and O–H groups in total. The lowest BCUT2D eigenvalue weighted by molar-refractivity contribution is -0.142. The van der Waals surface area contributed by atoms with E-state index in [0.29, 0.717) is 25.2 Å². The molecular formula is C12H18O3. The van der Waals surface area contributed by atoms with Crippen LogP contribution in [0, 0.1) is 11.8 Å². The minimum Gasteiger partial charge on any atom is -0.469 e. The van der Waals surface area contributed by atoms with E-state index in [1.54, 1.807) is 0 Å². The Labute approximate surface area is 90.5 Å². The van der Waals surface area contributed by atoms with Gasteiger partial charge >= 0.3 is 5.97 Å². The normalized spacial score (nSPS) is 26.1. The minimum atomic E-state index is -0.208. The SMILES string of the molecule is C/C=C\C[C@@H]1CC(=O)C[C@@H]1CC(=O)OC. The first-order valence-corrected chi connectivity index (χ1v) is 5.37. The maximum Gasteiger partial charge on any atom is 0.305 e. The van der Waals surface area contributed by atoms with Gasteiger partial charge < -0.3 is 4.74 Å². The molecule has 0 aromatic rings. The van der Waals surface area contributed by atoms with Gasteiger partial charge in [-0.3, -0.25) is 9.59 Å². The van der Waals surface area contributed by atoms with Crippen LogP contribution in [0.5, 0.6) is 0 Å². The molecule has 0 amide bonds. The van der Waals surface area contributed by atoms with Crippen molar-refractivity contribution in [1.82, 2.24) is 0 Å². The van der Waals surface area contributed by atoms with Crippen LogP contribution < -0.4 is 0 Å². The predicted molar refractivity (Wildman–Crippen MR) is 57.3 cm³/mol. The number of hydrogen-bond acceptors (Lipinski definition) is 3. The molecule has 0 spiro atoms. The van der Waals surface area contributed by atoms with Crippen LogP contribution in [-0.4, -0.2) is 18.9 Å². The van der Waals surface area contributed by atoms with Crippen molar-refractivity contribution in [3.05, 3.63) is 12.2 Å². The van der Waals surface area contributed by atoms with Crippen molar-refractivity contribution in [3.63, 3.8) is 0 Å². The summed E-state index contributed by atoms with van der Waals surface area (Å²) in [5, 5.41) is 0. The summed E-state index contributed by atoms with van der Waals surface area (Å²) in [4.78, 5) is 22.5. The van der Waals surface area contributed by atoms with E-state index in [2.05, 4.69) is 10.8 Å². The zero-order valence-corrected chi connectivity index (χ0v) is 9.36. The van der Waals surface area contributed by atoms with Crippen molar-refractivity contribution in [2.24, 2.45) is 11.8 Å². The third-order valence-corrected chi connectivity index (χ3v) is 2.98. The first-order chi connectivity index (χ1) is 7.17. The van der Waals surface area contributed by atoms with Crippen molar-refractivity contribution >= 4 is 11.8 Å². The molecular weight excluding hydrogens is 192 g/mol. The van der Waals surface area contributed by atoms with Gasteiger partial charge in [-0.05, 0) is 25.2 Å². The predicted octanol–water partition coefficient (Wildman–Crippen LogP) is 2.11. The van der Waals surface area contributed by atoms with Crippen molar-refractivity contribution < 1.29 is 14.3 Å². The van der Waals surface area contributed by atoms with Gasteiger partial charge in [0.25, 0.3) is 0 Å². The molecule has 1 aliphatic rings. The molecule has 2 atom stereocenters. The van der Waals surface area contributed by atoms with E-state index in [-0.39, 0.29) is 17.7 Å². The summed E-state index contributed by atoms with van der Waals surface area (Å²) in [6.45, 7) is 1.96. The fourth-order valence-corrected chi connectivity index (χ4v) is 2.12. The van der Waals surface area contributed by atoms with Crippen molar-refractivity contribution in [2.45, 2.75) is 32.6 Å². The Balaban J connectivity index is 2.52. The molecule has 0 aliphatic heterocycles. The molecule has 0 heterocycles. The van der Waals surface area contributed by atoms with Gasteiger partial charge in [0.15, 0.2) is 0 Å². The molecule has 0 aromatic heterocycles. The van der Waals surface area contributed by atoms with Gasteiger partial charge in [-0.15, -0.1) is 0 Å². The Bertz CT molecular complexity index is 268. The third kappa shape index (κ3) is 3.50. The molecule has 0 bridgehead atoms. The fourth-order valence-electron chi connectivity index (χ4n) is 2.12. The second kappa shape index (κ2) is 5.69. The summed E-state index contributed by atoms with van der Waals surface area (Å²) >= 11 is 0. The van der Waals surface area contributed by atoms with Crippen LogP contribution in [0.1, 0.15) is 32.6 Å². The lowest BCUT2D eigenvalue weighted by Gasteiger charge is -2.15. The highest BCUT2D eigenvalue weighted by molar-refractivity contribution is 5.82. The van der Waals surface area contributed by atoms with Gasteiger partial charge in [0, 0.05) is 19.3 Å². The van der Waals surface area contributed by atoms with Crippen LogP contribution in [0.2, 0.25) is 0 Å². The number of hydrogen-bond donors (Lipinski definition) is 0. The van der Waals surface area contributed by atoms with Crippen molar-refractivity contribution in [3.8, 4) is 0 Å². The van der Waals surface area contributed by atoms with Gasteiger partial charge in [0.1, 0.15) is 5.78 Å². The van der Waals surface area contributed by atoms with Gasteiger partial charge in [-0.1, -0.05) is 12.2 Å². The molecule has 3 heteroatoms. The number of ether oxygens (including phenoxy) is 1. The van der Waals surface area contributed by atoms with E-state index in [4.69, 9.17) is 0 Å². The van der Waals surface area contributed by atoms with Crippen LogP contribution in [0.15, 0.2) is 12.2 Å². The van der Waals surface area contributed by atoms with Crippen molar-refractivity contribution in [1.29, 1.82) is 0 Å². The van der Waals surface area contributed by atoms with E-state index >= 15 is 0 Å². The molecule has 15 heavy (non-hydrogen) atoms. The van der Waals surface area contributed by atoms with Crippen LogP contribution in [0.25, 0.3) is 0 Å². The second-order valence-corrected chi connectivity index (χ2v) is 4.05. The maximum atomic E-state index is 11.3. The average Bonchev–Trinajstić information content (AvgIpc) is 2.55. The quantitative estimate of drug-likeness (QED) is 0.527. The Morgan fingerprint density at radius 1 is 1.47 bits per heavy atom. The molecule has 1 fully saturated rings. The van der Waals surface area contributed by atoms with E-state index in [1.165, 1.54) is 7.11 Å². The highest BCUT2D eigenvalue weighted by Gasteiger charge is 2.33. The Kier molecular flexibility index (Phi) is 4.53. The lowest BCUT2D eigenvalue weighted by atomic mass is 9.90. The molecule has 0 aromatic carbocycles. The topological polar surface area (TPSA) is 43.4 Å². The number of carbonyl (C=O) groups is 2. The Morgan fingerprint density at radius 3 is 2.73 bits per heavy atom. The monoisotopic (exact) mass is 210 g/mol. The summed E-state index contributed by atoms with van der Waals surface area (Å²) in [6, 6.07) is 0. The number of allylic oxidation sites excluding steroid dienone is 2. The van der Waals surface area contributed by atoms with Crippen molar-refractivity contribution in [2.75, 3.05) is 7.11 Å². The Morgan fingerprint density at radius 2 is 2.13 bits per heavy atom. The van der Waals surface area contributed by atoms with Crippen LogP contribution in [0.4, 0.5) is 0 Å². The summed E-state index contributed by atoms with van der Waals surface area (Å²) in [5.41, 5.74) is 0. The van der Waals surface area contributed by atoms with Gasteiger partial charge in [0.05, 0.1) is 7.11 Å². The van der Waals surface area contributed by atoms with Crippen LogP contribution >= 0.6 is 0 Å². The summed E-state index contributed by atoms with van der Waals surface area (Å²) < 4.78 is 4.63. The smallest absolute Gasteiger partial charge is 0.305 e. The first kappa shape index (κ1) is 12.0. The largest absolute Gasteiger partial charge is 0.469 e. The summed E-state index contributed by atoms with van der Waals surface area (Å²) in [7, 11) is 1.39. The van der Waals surface area contributed by atoms with Gasteiger partial charge in [-0.25, -0.2) is 0 Å². The molecule has 0 unspecified atom stereocenters. The minimum absolute atomic E-state index is 0.182. The maximum absolute atomic E-state index is 11.3. The molecule has 1 rings (SSSR count). The number of rotatable bonds is 4. The highest BCUT2D eigenvalue weighted by Crippen LogP contribution is 2.34. The van der Waals surface area contributed by atoms with Gasteiger partial charge in [0.2, 0.25) is 0 Å². The molecule has 1 saturated carbocycles. The average molecular weight is 210 g/mol. The molecule has 0 saturated heterocycles. The Hall–Kier alpha value is -1.12. The standard InChI is InChI=1S/C12H18O3/c1-3-4-5-9-6-11(13)7-10(9)8-12(14)15-2/h3-4,9-10H,5-8H2,1-2H3/b4-3-/t9-,10-/m1/s1. The van der Waals surface area contributed by atoms with E-state index in [1.807, 2.05) is 13.0 Å². The summed E-state index contributed by atoms with van der Waals surface area (Å²) in [5.74, 6) is 0.576. The number of esters is 1. The number of ketones is 1. The van der Waals surface area contributed by atoms with E-state index in [9.17, 15) is 9.59 Å². The molecule has 0 radical (unpaired) electrons.